The van der Waals surface area contributed by atoms with Gasteiger partial charge in [0.2, 0.25) is 0 Å². The zero-order valence-electron chi connectivity index (χ0n) is 16.3. The number of pyridine rings is 2. The number of benzene rings is 1. The van der Waals surface area contributed by atoms with Gasteiger partial charge in [-0.2, -0.15) is 5.26 Å². The summed E-state index contributed by atoms with van der Waals surface area (Å²) in [7, 11) is 0. The summed E-state index contributed by atoms with van der Waals surface area (Å²) in [5.41, 5.74) is 3.83. The number of nitrogens with one attached hydrogen (secondary N) is 3. The van der Waals surface area contributed by atoms with Gasteiger partial charge in [0.25, 0.3) is 0 Å². The van der Waals surface area contributed by atoms with Crippen molar-refractivity contribution in [2.24, 2.45) is 0 Å². The highest BCUT2D eigenvalue weighted by atomic mass is 15.2. The molecule has 3 heterocycles. The zero-order chi connectivity index (χ0) is 20.1. The van der Waals surface area contributed by atoms with Gasteiger partial charge in [0, 0.05) is 25.5 Å². The lowest BCUT2D eigenvalue weighted by atomic mass is 9.96. The molecule has 0 spiro atoms. The van der Waals surface area contributed by atoms with Crippen LogP contribution in [0.25, 0.3) is 0 Å². The summed E-state index contributed by atoms with van der Waals surface area (Å²) in [5.74, 6) is 1.15. The molecule has 0 bridgehead atoms. The molecule has 4 rings (SSSR count). The van der Waals surface area contributed by atoms with Crippen LogP contribution in [0.2, 0.25) is 0 Å². The second-order valence-electron chi connectivity index (χ2n) is 7.32. The van der Waals surface area contributed by atoms with Crippen LogP contribution in [-0.2, 0) is 0 Å². The van der Waals surface area contributed by atoms with Crippen LogP contribution >= 0.6 is 0 Å². The Morgan fingerprint density at radius 2 is 1.97 bits per heavy atom. The number of fused-ring (bicyclic) bond motifs is 1. The molecule has 0 amide bonds. The van der Waals surface area contributed by atoms with Gasteiger partial charge in [-0.25, -0.2) is 9.97 Å². The van der Waals surface area contributed by atoms with E-state index in [9.17, 15) is 0 Å². The van der Waals surface area contributed by atoms with Gasteiger partial charge in [-0.1, -0.05) is 43.3 Å². The normalized spacial score (nSPS) is 17.2. The van der Waals surface area contributed by atoms with Crippen molar-refractivity contribution in [2.45, 2.75) is 24.9 Å². The minimum atomic E-state index is 0.118. The van der Waals surface area contributed by atoms with Crippen molar-refractivity contribution in [3.63, 3.8) is 0 Å². The molecule has 6 heteroatoms. The monoisotopic (exact) mass is 384 g/mol. The fourth-order valence-electron chi connectivity index (χ4n) is 3.65. The van der Waals surface area contributed by atoms with Crippen molar-refractivity contribution >= 4 is 11.5 Å². The number of rotatable bonds is 6. The second kappa shape index (κ2) is 8.72. The number of nitrogens with zero attached hydrogens (tertiary/aromatic N) is 3. The van der Waals surface area contributed by atoms with Gasteiger partial charge in [-0.15, -0.1) is 0 Å². The molecular weight excluding hydrogens is 360 g/mol. The van der Waals surface area contributed by atoms with Gasteiger partial charge in [0.1, 0.15) is 17.6 Å². The predicted octanol–water partition coefficient (Wildman–Crippen LogP) is 3.69. The standard InChI is InChI=1S/C23H24N6/c1-16(18-9-10-19(12-24)26-14-18)13-28-22(17-6-3-2-4-7-17)21-15-27-20-8-5-11-25-23(20)29-21/h2-11,14,16,21-22,27-28H,13,15H2,1H3,(H,25,29)/t16-,21-,22-/m1/s1. The van der Waals surface area contributed by atoms with Gasteiger partial charge in [0.05, 0.1) is 17.8 Å². The van der Waals surface area contributed by atoms with E-state index >= 15 is 0 Å². The van der Waals surface area contributed by atoms with Crippen LogP contribution in [0.3, 0.4) is 0 Å². The van der Waals surface area contributed by atoms with E-state index in [0.717, 1.165) is 30.2 Å². The van der Waals surface area contributed by atoms with Gasteiger partial charge >= 0.3 is 0 Å². The largest absolute Gasteiger partial charge is 0.380 e. The molecule has 3 aromatic rings. The fourth-order valence-corrected chi connectivity index (χ4v) is 3.65. The smallest absolute Gasteiger partial charge is 0.149 e. The third-order valence-corrected chi connectivity index (χ3v) is 5.32. The van der Waals surface area contributed by atoms with Crippen LogP contribution in [0.1, 0.15) is 35.7 Å². The Balaban J connectivity index is 1.50. The molecule has 0 fully saturated rings. The predicted molar refractivity (Wildman–Crippen MR) is 115 cm³/mol. The lowest BCUT2D eigenvalue weighted by Gasteiger charge is -2.35. The SMILES string of the molecule is C[C@H](CN[C@H](c1ccccc1)[C@H]1CNc2cccnc2N1)c1ccc(C#N)nc1. The summed E-state index contributed by atoms with van der Waals surface area (Å²) in [4.78, 5) is 8.67. The Bertz CT molecular complexity index is 980. The highest BCUT2D eigenvalue weighted by Gasteiger charge is 2.27. The van der Waals surface area contributed by atoms with E-state index in [1.165, 1.54) is 5.56 Å². The molecule has 0 radical (unpaired) electrons. The van der Waals surface area contributed by atoms with Crippen molar-refractivity contribution in [1.29, 1.82) is 5.26 Å². The van der Waals surface area contributed by atoms with Crippen molar-refractivity contribution in [2.75, 3.05) is 23.7 Å². The lowest BCUT2D eigenvalue weighted by Crippen LogP contribution is -2.45. The maximum absolute atomic E-state index is 8.94. The first-order valence-electron chi connectivity index (χ1n) is 9.84. The van der Waals surface area contributed by atoms with Crippen molar-refractivity contribution in [3.05, 3.63) is 83.8 Å². The minimum absolute atomic E-state index is 0.118. The van der Waals surface area contributed by atoms with E-state index in [2.05, 4.69) is 63.2 Å². The first kappa shape index (κ1) is 18.9. The van der Waals surface area contributed by atoms with Crippen molar-refractivity contribution < 1.29 is 0 Å². The van der Waals surface area contributed by atoms with Crippen LogP contribution in [0.15, 0.2) is 67.0 Å². The molecule has 146 valence electrons. The van der Waals surface area contributed by atoms with Crippen LogP contribution < -0.4 is 16.0 Å². The summed E-state index contributed by atoms with van der Waals surface area (Å²) < 4.78 is 0. The average Bonchev–Trinajstić information content (AvgIpc) is 2.79. The van der Waals surface area contributed by atoms with Gasteiger partial charge in [0.15, 0.2) is 0 Å². The summed E-state index contributed by atoms with van der Waals surface area (Å²) in [6.45, 7) is 3.76. The molecule has 6 nitrogen and oxygen atoms in total. The van der Waals surface area contributed by atoms with Gasteiger partial charge in [-0.05, 0) is 35.2 Å². The molecule has 2 aromatic heterocycles. The van der Waals surface area contributed by atoms with E-state index < -0.39 is 0 Å². The molecule has 0 unspecified atom stereocenters. The molecule has 29 heavy (non-hydrogen) atoms. The van der Waals surface area contributed by atoms with Crippen molar-refractivity contribution in [3.8, 4) is 6.07 Å². The second-order valence-corrected chi connectivity index (χ2v) is 7.32. The molecular formula is C23H24N6. The first-order valence-corrected chi connectivity index (χ1v) is 9.84. The number of nitriles is 1. The summed E-state index contributed by atoms with van der Waals surface area (Å²) in [5, 5.41) is 19.8. The summed E-state index contributed by atoms with van der Waals surface area (Å²) in [6.07, 6.45) is 3.60. The number of hydrogen-bond acceptors (Lipinski definition) is 6. The van der Waals surface area contributed by atoms with Gasteiger partial charge < -0.3 is 16.0 Å². The van der Waals surface area contributed by atoms with Crippen LogP contribution in [-0.4, -0.2) is 29.1 Å². The van der Waals surface area contributed by atoms with E-state index in [1.807, 2.05) is 24.3 Å². The van der Waals surface area contributed by atoms with E-state index in [4.69, 9.17) is 5.26 Å². The average molecular weight is 384 g/mol. The number of aromatic nitrogens is 2. The van der Waals surface area contributed by atoms with E-state index in [1.54, 1.807) is 18.5 Å². The maximum atomic E-state index is 8.94. The zero-order valence-corrected chi connectivity index (χ0v) is 16.3. The highest BCUT2D eigenvalue weighted by Crippen LogP contribution is 2.28. The van der Waals surface area contributed by atoms with E-state index in [-0.39, 0.29) is 18.0 Å². The molecule has 0 saturated carbocycles. The maximum Gasteiger partial charge on any atom is 0.149 e. The summed E-state index contributed by atoms with van der Waals surface area (Å²) >= 11 is 0. The molecule has 0 saturated heterocycles. The highest BCUT2D eigenvalue weighted by molar-refractivity contribution is 5.67. The summed E-state index contributed by atoms with van der Waals surface area (Å²) in [6, 6.07) is 20.6. The Labute approximate surface area is 171 Å². The van der Waals surface area contributed by atoms with Crippen molar-refractivity contribution in [1.82, 2.24) is 15.3 Å². The molecule has 1 aliphatic heterocycles. The molecule has 1 aliphatic rings. The van der Waals surface area contributed by atoms with Crippen LogP contribution in [0.4, 0.5) is 11.5 Å². The van der Waals surface area contributed by atoms with Crippen LogP contribution in [0, 0.1) is 11.3 Å². The van der Waals surface area contributed by atoms with E-state index in [0.29, 0.717) is 5.69 Å². The quantitative estimate of drug-likeness (QED) is 0.601. The van der Waals surface area contributed by atoms with Gasteiger partial charge in [-0.3, -0.25) is 0 Å². The Morgan fingerprint density at radius 3 is 2.72 bits per heavy atom. The third-order valence-electron chi connectivity index (χ3n) is 5.32. The Morgan fingerprint density at radius 1 is 1.10 bits per heavy atom. The Hall–Kier alpha value is -3.43. The fraction of sp³-hybridized carbons (Fsp3) is 0.261. The molecule has 3 atom stereocenters. The third kappa shape index (κ3) is 4.36. The van der Waals surface area contributed by atoms with Crippen LogP contribution in [0.5, 0.6) is 0 Å². The molecule has 3 N–H and O–H groups in total. The topological polar surface area (TPSA) is 85.7 Å². The first-order chi connectivity index (χ1) is 14.2. The minimum Gasteiger partial charge on any atom is -0.380 e. The number of hydrogen-bond donors (Lipinski definition) is 3. The molecule has 1 aromatic carbocycles. The lowest BCUT2D eigenvalue weighted by molar-refractivity contribution is 0.453. The number of anilines is 2. The Kier molecular flexibility index (Phi) is 5.68. The molecule has 0 aliphatic carbocycles.